The number of hydrogen-bond acceptors (Lipinski definition) is 5. The highest BCUT2D eigenvalue weighted by Gasteiger charge is 2.36. The molecule has 3 rings (SSSR count). The van der Waals surface area contributed by atoms with Crippen LogP contribution < -0.4 is 4.74 Å². The Balaban J connectivity index is 1.82. The lowest BCUT2D eigenvalue weighted by Crippen LogP contribution is -2.44. The molecule has 1 aliphatic rings. The number of alkyl halides is 3. The number of rotatable bonds is 6. The summed E-state index contributed by atoms with van der Waals surface area (Å²) < 4.78 is 55.7. The van der Waals surface area contributed by atoms with Crippen LogP contribution >= 0.6 is 11.6 Å². The summed E-state index contributed by atoms with van der Waals surface area (Å²) >= 11 is 5.96. The number of benzene rings is 2. The number of nitrogens with zero attached hydrogens (tertiary/aromatic N) is 1. The van der Waals surface area contributed by atoms with Gasteiger partial charge in [0.2, 0.25) is 0 Å². The molecule has 2 aromatic rings. The van der Waals surface area contributed by atoms with Gasteiger partial charge in [-0.3, -0.25) is 0 Å². The van der Waals surface area contributed by atoms with Crippen LogP contribution in [0.1, 0.15) is 55.5 Å². The predicted molar refractivity (Wildman–Crippen MR) is 124 cm³/mol. The van der Waals surface area contributed by atoms with Crippen LogP contribution in [0.2, 0.25) is 5.02 Å². The number of ether oxygens (including phenoxy) is 3. The van der Waals surface area contributed by atoms with E-state index in [9.17, 15) is 23.1 Å². The number of fused-ring (bicyclic) bond motifs is 1. The molecule has 2 atom stereocenters. The molecule has 1 aliphatic heterocycles. The second-order valence-electron chi connectivity index (χ2n) is 9.29. The Bertz CT molecular complexity index is 1050. The Morgan fingerprint density at radius 1 is 1.23 bits per heavy atom. The second-order valence-corrected chi connectivity index (χ2v) is 9.67. The van der Waals surface area contributed by atoms with Crippen molar-refractivity contribution in [3.05, 3.63) is 63.7 Å². The van der Waals surface area contributed by atoms with E-state index in [0.29, 0.717) is 18.7 Å². The van der Waals surface area contributed by atoms with Crippen molar-refractivity contribution in [1.29, 1.82) is 0 Å². The Hall–Kier alpha value is -2.49. The molecule has 0 saturated heterocycles. The zero-order valence-corrected chi connectivity index (χ0v) is 20.7. The summed E-state index contributed by atoms with van der Waals surface area (Å²) in [5.41, 5.74) is 0.335. The van der Waals surface area contributed by atoms with Crippen LogP contribution in [0.5, 0.6) is 5.75 Å². The molecule has 10 heteroatoms. The lowest BCUT2D eigenvalue weighted by atomic mass is 9.90. The molecule has 1 N–H and O–H groups in total. The maximum atomic E-state index is 13.1. The number of aliphatic hydroxyl groups excluding tert-OH is 1. The van der Waals surface area contributed by atoms with Crippen molar-refractivity contribution in [3.63, 3.8) is 0 Å². The standard InChI is InChI=1S/C25H29ClF3NO5/c1-24(2,3)35-23(32)30-11-10-15-12-17(8-9-18(15)20(30)13-21(31)33-4)34-14-16-6-5-7-19(22(16)26)25(27,28)29/h5-9,12,20-21,31H,10-11,13-14H2,1-4H3/t20-,21?/m0/s1. The monoisotopic (exact) mass is 515 g/mol. The van der Waals surface area contributed by atoms with Crippen molar-refractivity contribution in [2.24, 2.45) is 0 Å². The maximum Gasteiger partial charge on any atom is 0.417 e. The third-order valence-corrected chi connectivity index (χ3v) is 6.02. The first-order valence-corrected chi connectivity index (χ1v) is 11.5. The number of methoxy groups -OCH3 is 1. The van der Waals surface area contributed by atoms with Gasteiger partial charge in [-0.15, -0.1) is 0 Å². The molecule has 1 heterocycles. The van der Waals surface area contributed by atoms with Crippen molar-refractivity contribution >= 4 is 17.7 Å². The minimum atomic E-state index is -4.55. The number of amides is 1. The zero-order chi connectivity index (χ0) is 26.0. The zero-order valence-electron chi connectivity index (χ0n) is 20.0. The fourth-order valence-electron chi connectivity index (χ4n) is 3.93. The van der Waals surface area contributed by atoms with Gasteiger partial charge in [0, 0.05) is 25.6 Å². The average Bonchev–Trinajstić information content (AvgIpc) is 2.76. The molecular formula is C25H29ClF3NO5. The fraction of sp³-hybridized carbons (Fsp3) is 0.480. The Morgan fingerprint density at radius 3 is 2.57 bits per heavy atom. The van der Waals surface area contributed by atoms with Crippen LogP contribution in [-0.2, 0) is 28.7 Å². The van der Waals surface area contributed by atoms with Crippen molar-refractivity contribution in [3.8, 4) is 5.75 Å². The highest BCUT2D eigenvalue weighted by Crippen LogP contribution is 2.38. The van der Waals surface area contributed by atoms with E-state index in [0.717, 1.165) is 17.2 Å². The van der Waals surface area contributed by atoms with E-state index >= 15 is 0 Å². The molecule has 0 aromatic heterocycles. The molecule has 1 unspecified atom stereocenters. The van der Waals surface area contributed by atoms with Crippen LogP contribution in [-0.4, -0.2) is 41.6 Å². The first-order valence-electron chi connectivity index (χ1n) is 11.1. The van der Waals surface area contributed by atoms with Crippen molar-refractivity contribution < 1.29 is 37.3 Å². The Kier molecular flexibility index (Phi) is 8.24. The lowest BCUT2D eigenvalue weighted by molar-refractivity contribution is -0.137. The topological polar surface area (TPSA) is 68.2 Å². The molecule has 2 aromatic carbocycles. The van der Waals surface area contributed by atoms with E-state index in [1.165, 1.54) is 19.2 Å². The summed E-state index contributed by atoms with van der Waals surface area (Å²) in [6.45, 7) is 5.55. The normalized spacial score (nSPS) is 17.1. The number of carbonyl (C=O) groups excluding carboxylic acids is 1. The van der Waals surface area contributed by atoms with Crippen molar-refractivity contribution in [2.45, 2.75) is 64.3 Å². The van der Waals surface area contributed by atoms with Gasteiger partial charge in [-0.25, -0.2) is 4.79 Å². The predicted octanol–water partition coefficient (Wildman–Crippen LogP) is 6.13. The van der Waals surface area contributed by atoms with Gasteiger partial charge in [-0.1, -0.05) is 29.8 Å². The smallest absolute Gasteiger partial charge is 0.417 e. The summed E-state index contributed by atoms with van der Waals surface area (Å²) in [4.78, 5) is 14.4. The van der Waals surface area contributed by atoms with Crippen LogP contribution in [0, 0.1) is 0 Å². The van der Waals surface area contributed by atoms with Gasteiger partial charge in [0.15, 0.2) is 6.29 Å². The van der Waals surface area contributed by atoms with Crippen LogP contribution in [0.25, 0.3) is 0 Å². The number of carbonyl (C=O) groups is 1. The van der Waals surface area contributed by atoms with E-state index in [1.54, 1.807) is 43.9 Å². The number of aliphatic hydroxyl groups is 1. The molecular weight excluding hydrogens is 487 g/mol. The van der Waals surface area contributed by atoms with E-state index in [1.807, 2.05) is 0 Å². The maximum absolute atomic E-state index is 13.1. The van der Waals surface area contributed by atoms with Gasteiger partial charge in [-0.2, -0.15) is 13.2 Å². The molecule has 0 aliphatic carbocycles. The molecule has 0 spiro atoms. The summed E-state index contributed by atoms with van der Waals surface area (Å²) in [5, 5.41) is 9.73. The highest BCUT2D eigenvalue weighted by molar-refractivity contribution is 6.32. The third kappa shape index (κ3) is 6.80. The number of halogens is 4. The van der Waals surface area contributed by atoms with Crippen molar-refractivity contribution in [2.75, 3.05) is 13.7 Å². The van der Waals surface area contributed by atoms with E-state index < -0.39 is 35.8 Å². The second kappa shape index (κ2) is 10.6. The molecule has 0 radical (unpaired) electrons. The quantitative estimate of drug-likeness (QED) is 0.469. The highest BCUT2D eigenvalue weighted by atomic mass is 35.5. The van der Waals surface area contributed by atoms with Crippen LogP contribution in [0.3, 0.4) is 0 Å². The molecule has 1 amide bonds. The first-order chi connectivity index (χ1) is 16.3. The minimum Gasteiger partial charge on any atom is -0.489 e. The molecule has 35 heavy (non-hydrogen) atoms. The summed E-state index contributed by atoms with van der Waals surface area (Å²) in [6, 6.07) is 8.45. The Morgan fingerprint density at radius 2 is 1.94 bits per heavy atom. The van der Waals surface area contributed by atoms with E-state index in [2.05, 4.69) is 0 Å². The SMILES string of the molecule is COC(O)C[C@H]1c2ccc(OCc3cccc(C(F)(F)F)c3Cl)cc2CCN1C(=O)OC(C)(C)C. The fourth-order valence-corrected chi connectivity index (χ4v) is 4.22. The molecule has 0 saturated carbocycles. The van der Waals surface area contributed by atoms with Gasteiger partial charge in [0.1, 0.15) is 18.0 Å². The molecule has 192 valence electrons. The summed E-state index contributed by atoms with van der Waals surface area (Å²) in [5.74, 6) is 0.453. The molecule has 0 bridgehead atoms. The van der Waals surface area contributed by atoms with Gasteiger partial charge < -0.3 is 24.2 Å². The van der Waals surface area contributed by atoms with Crippen LogP contribution in [0.4, 0.5) is 18.0 Å². The first kappa shape index (κ1) is 27.1. The van der Waals surface area contributed by atoms with Gasteiger partial charge >= 0.3 is 12.3 Å². The van der Waals surface area contributed by atoms with E-state index in [-0.39, 0.29) is 23.6 Å². The lowest BCUT2D eigenvalue weighted by Gasteiger charge is -2.38. The summed E-state index contributed by atoms with van der Waals surface area (Å²) in [7, 11) is 1.38. The van der Waals surface area contributed by atoms with Gasteiger partial charge in [-0.05, 0) is 56.5 Å². The van der Waals surface area contributed by atoms with Crippen molar-refractivity contribution in [1.82, 2.24) is 4.90 Å². The largest absolute Gasteiger partial charge is 0.489 e. The Labute approximate surface area is 207 Å². The third-order valence-electron chi connectivity index (χ3n) is 5.58. The minimum absolute atomic E-state index is 0.141. The summed E-state index contributed by atoms with van der Waals surface area (Å²) in [6.07, 6.45) is -5.48. The van der Waals surface area contributed by atoms with Crippen LogP contribution in [0.15, 0.2) is 36.4 Å². The molecule has 6 nitrogen and oxygen atoms in total. The van der Waals surface area contributed by atoms with Gasteiger partial charge in [0.25, 0.3) is 0 Å². The average molecular weight is 516 g/mol. The van der Waals surface area contributed by atoms with Gasteiger partial charge in [0.05, 0.1) is 16.6 Å². The number of hydrogen-bond donors (Lipinski definition) is 1. The molecule has 0 fully saturated rings. The van der Waals surface area contributed by atoms with E-state index in [4.69, 9.17) is 25.8 Å².